The molecule has 2 heterocycles. The van der Waals surface area contributed by atoms with Crippen molar-refractivity contribution in [3.8, 4) is 22.9 Å². The Morgan fingerprint density at radius 2 is 1.84 bits per heavy atom. The quantitative estimate of drug-likeness (QED) is 0.458. The molecule has 8 nitrogen and oxygen atoms in total. The number of H-pyrrole nitrogens is 1. The van der Waals surface area contributed by atoms with Crippen molar-refractivity contribution in [1.82, 2.24) is 19.1 Å². The third-order valence-electron chi connectivity index (χ3n) is 5.41. The van der Waals surface area contributed by atoms with Gasteiger partial charge in [-0.3, -0.25) is 14.3 Å². The molecule has 8 heteroatoms. The Labute approximate surface area is 185 Å². The van der Waals surface area contributed by atoms with E-state index >= 15 is 0 Å². The van der Waals surface area contributed by atoms with E-state index in [9.17, 15) is 9.59 Å². The summed E-state index contributed by atoms with van der Waals surface area (Å²) in [7, 11) is 3.36. The van der Waals surface area contributed by atoms with Crippen LogP contribution in [0.15, 0.2) is 58.1 Å². The number of aromatic amines is 1. The summed E-state index contributed by atoms with van der Waals surface area (Å²) < 4.78 is 14.7. The highest BCUT2D eigenvalue weighted by Gasteiger charge is 2.18. The second kappa shape index (κ2) is 9.13. The highest BCUT2D eigenvalue weighted by atomic mass is 16.5. The molecule has 4 aromatic rings. The third kappa shape index (κ3) is 4.03. The molecule has 0 bridgehead atoms. The zero-order valence-electron chi connectivity index (χ0n) is 18.4. The van der Waals surface area contributed by atoms with Gasteiger partial charge in [0.25, 0.3) is 5.56 Å². The highest BCUT2D eigenvalue weighted by Crippen LogP contribution is 2.33. The fourth-order valence-corrected chi connectivity index (χ4v) is 3.69. The van der Waals surface area contributed by atoms with Crippen LogP contribution in [0.5, 0.6) is 11.5 Å². The smallest absolute Gasteiger partial charge is 0.330 e. The molecule has 0 atom stereocenters. The molecule has 0 aliphatic rings. The molecule has 166 valence electrons. The standard InChI is InChI=1S/C24H26N4O4/c1-4-5-13-28-22-20(23(29)26-24(28)30)27(2)21(25-22)17-11-12-18(31-3)19(14-17)32-15-16-9-7-6-8-10-16/h6-12,14H,4-5,13,15H2,1-3H3,(H,26,29,30). The third-order valence-corrected chi connectivity index (χ3v) is 5.41. The topological polar surface area (TPSA) is 91.1 Å². The number of benzene rings is 2. The largest absolute Gasteiger partial charge is 0.493 e. The summed E-state index contributed by atoms with van der Waals surface area (Å²) in [6, 6.07) is 15.4. The van der Waals surface area contributed by atoms with Crippen molar-refractivity contribution >= 4 is 11.2 Å². The Kier molecular flexibility index (Phi) is 6.11. The lowest BCUT2D eigenvalue weighted by molar-refractivity contribution is 0.284. The Balaban J connectivity index is 1.78. The number of methoxy groups -OCH3 is 1. The van der Waals surface area contributed by atoms with E-state index in [4.69, 9.17) is 9.47 Å². The Hall–Kier alpha value is -3.81. The number of hydrogen-bond donors (Lipinski definition) is 1. The van der Waals surface area contributed by atoms with Crippen LogP contribution in [0.2, 0.25) is 0 Å². The second-order valence-corrected chi connectivity index (χ2v) is 7.57. The maximum Gasteiger partial charge on any atom is 0.330 e. The number of unbranched alkanes of at least 4 members (excludes halogenated alkanes) is 1. The van der Waals surface area contributed by atoms with Crippen LogP contribution in [0.4, 0.5) is 0 Å². The van der Waals surface area contributed by atoms with Crippen molar-refractivity contribution in [2.24, 2.45) is 7.05 Å². The predicted molar refractivity (Wildman–Crippen MR) is 123 cm³/mol. The number of aryl methyl sites for hydroxylation is 2. The Morgan fingerprint density at radius 3 is 2.56 bits per heavy atom. The van der Waals surface area contributed by atoms with E-state index in [2.05, 4.69) is 9.97 Å². The van der Waals surface area contributed by atoms with Gasteiger partial charge in [-0.25, -0.2) is 9.78 Å². The van der Waals surface area contributed by atoms with Gasteiger partial charge in [0, 0.05) is 19.2 Å². The minimum absolute atomic E-state index is 0.360. The molecule has 1 N–H and O–H groups in total. The van der Waals surface area contributed by atoms with E-state index in [0.29, 0.717) is 41.6 Å². The highest BCUT2D eigenvalue weighted by molar-refractivity contribution is 5.77. The lowest BCUT2D eigenvalue weighted by Crippen LogP contribution is -2.31. The van der Waals surface area contributed by atoms with Crippen LogP contribution in [-0.2, 0) is 20.2 Å². The number of hydrogen-bond acceptors (Lipinski definition) is 5. The zero-order chi connectivity index (χ0) is 22.7. The molecule has 0 amide bonds. The van der Waals surface area contributed by atoms with Crippen LogP contribution in [0, 0.1) is 0 Å². The van der Waals surface area contributed by atoms with E-state index < -0.39 is 11.2 Å². The first-order chi connectivity index (χ1) is 15.5. The molecule has 32 heavy (non-hydrogen) atoms. The minimum Gasteiger partial charge on any atom is -0.493 e. The number of fused-ring (bicyclic) bond motifs is 1. The summed E-state index contributed by atoms with van der Waals surface area (Å²) in [4.78, 5) is 32.0. The molecular weight excluding hydrogens is 408 g/mol. The number of rotatable bonds is 8. The fourth-order valence-electron chi connectivity index (χ4n) is 3.69. The number of imidazole rings is 1. The summed E-state index contributed by atoms with van der Waals surface area (Å²) in [6.45, 7) is 2.93. The minimum atomic E-state index is -0.451. The summed E-state index contributed by atoms with van der Waals surface area (Å²) in [5, 5.41) is 0. The summed E-state index contributed by atoms with van der Waals surface area (Å²) in [5.41, 5.74) is 1.64. The van der Waals surface area contributed by atoms with Crippen LogP contribution < -0.4 is 20.7 Å². The molecule has 0 aliphatic heterocycles. The predicted octanol–water partition coefficient (Wildman–Crippen LogP) is 3.48. The summed E-state index contributed by atoms with van der Waals surface area (Å²) >= 11 is 0. The molecule has 4 rings (SSSR count). The fraction of sp³-hybridized carbons (Fsp3) is 0.292. The molecule has 2 aromatic heterocycles. The van der Waals surface area contributed by atoms with Gasteiger partial charge >= 0.3 is 5.69 Å². The average molecular weight is 434 g/mol. The normalized spacial score (nSPS) is 11.1. The van der Waals surface area contributed by atoms with Gasteiger partial charge in [0.2, 0.25) is 0 Å². The van der Waals surface area contributed by atoms with Gasteiger partial charge in [-0.1, -0.05) is 43.7 Å². The average Bonchev–Trinajstić information content (AvgIpc) is 3.15. The zero-order valence-corrected chi connectivity index (χ0v) is 18.4. The molecule has 2 aromatic carbocycles. The van der Waals surface area contributed by atoms with Gasteiger partial charge in [-0.2, -0.15) is 0 Å². The van der Waals surface area contributed by atoms with Gasteiger partial charge in [0.15, 0.2) is 22.7 Å². The van der Waals surface area contributed by atoms with E-state index in [-0.39, 0.29) is 0 Å². The van der Waals surface area contributed by atoms with Crippen LogP contribution in [0.3, 0.4) is 0 Å². The Morgan fingerprint density at radius 1 is 1.06 bits per heavy atom. The lowest BCUT2D eigenvalue weighted by atomic mass is 10.2. The molecule has 0 radical (unpaired) electrons. The molecular formula is C24H26N4O4. The number of nitrogens with one attached hydrogen (secondary N) is 1. The molecule has 0 fully saturated rings. The Bertz CT molecular complexity index is 1350. The van der Waals surface area contributed by atoms with Crippen molar-refractivity contribution in [3.63, 3.8) is 0 Å². The van der Waals surface area contributed by atoms with Crippen molar-refractivity contribution in [2.45, 2.75) is 32.9 Å². The molecule has 0 unspecified atom stereocenters. The molecule has 0 aliphatic carbocycles. The van der Waals surface area contributed by atoms with E-state index in [1.165, 1.54) is 4.57 Å². The summed E-state index contributed by atoms with van der Waals surface area (Å²) in [5.74, 6) is 1.73. The van der Waals surface area contributed by atoms with E-state index in [1.807, 2.05) is 55.5 Å². The van der Waals surface area contributed by atoms with Crippen LogP contribution >= 0.6 is 0 Å². The van der Waals surface area contributed by atoms with Gasteiger partial charge in [-0.05, 0) is 30.2 Å². The number of nitrogens with zero attached hydrogens (tertiary/aromatic N) is 3. The van der Waals surface area contributed by atoms with Gasteiger partial charge in [0.05, 0.1) is 7.11 Å². The van der Waals surface area contributed by atoms with Crippen molar-refractivity contribution in [1.29, 1.82) is 0 Å². The molecule has 0 saturated carbocycles. The lowest BCUT2D eigenvalue weighted by Gasteiger charge is -2.12. The first-order valence-corrected chi connectivity index (χ1v) is 10.6. The van der Waals surface area contributed by atoms with Crippen LogP contribution in [-0.4, -0.2) is 26.2 Å². The van der Waals surface area contributed by atoms with Crippen LogP contribution in [0.1, 0.15) is 25.3 Å². The van der Waals surface area contributed by atoms with Gasteiger partial charge in [0.1, 0.15) is 12.4 Å². The van der Waals surface area contributed by atoms with E-state index in [0.717, 1.165) is 24.0 Å². The SMILES string of the molecule is CCCCn1c(=O)[nH]c(=O)c2c1nc(-c1ccc(OC)c(OCc3ccccc3)c1)n2C. The summed E-state index contributed by atoms with van der Waals surface area (Å²) in [6.07, 6.45) is 1.74. The molecule has 0 saturated heterocycles. The maximum atomic E-state index is 12.5. The van der Waals surface area contributed by atoms with Crippen molar-refractivity contribution in [3.05, 3.63) is 74.9 Å². The monoisotopic (exact) mass is 434 g/mol. The first-order valence-electron chi connectivity index (χ1n) is 10.6. The van der Waals surface area contributed by atoms with E-state index in [1.54, 1.807) is 18.7 Å². The number of aromatic nitrogens is 4. The number of ether oxygens (including phenoxy) is 2. The molecule has 0 spiro atoms. The van der Waals surface area contributed by atoms with Crippen molar-refractivity contribution in [2.75, 3.05) is 7.11 Å². The van der Waals surface area contributed by atoms with Crippen LogP contribution in [0.25, 0.3) is 22.6 Å². The maximum absolute atomic E-state index is 12.5. The van der Waals surface area contributed by atoms with Crippen molar-refractivity contribution < 1.29 is 9.47 Å². The first kappa shape index (κ1) is 21.4. The van der Waals surface area contributed by atoms with Gasteiger partial charge in [-0.15, -0.1) is 0 Å². The van der Waals surface area contributed by atoms with Gasteiger partial charge < -0.3 is 14.0 Å². The second-order valence-electron chi connectivity index (χ2n) is 7.57.